The maximum Gasteiger partial charge on any atom is 0.373 e. The molecule has 0 aliphatic carbocycles. The lowest BCUT2D eigenvalue weighted by Crippen LogP contribution is -1.22. The van der Waals surface area contributed by atoms with Crippen LogP contribution in [0.15, 0.2) is 0 Å². The average molecular weight is 71.0 g/mol. The standard InChI is InChI=1S/CHN.CO2/c1-2;2-1-3/h1H;. The summed E-state index contributed by atoms with van der Waals surface area (Å²) in [6, 6.07) is 0. The quantitative estimate of drug-likeness (QED) is 0.389. The van der Waals surface area contributed by atoms with Crippen LogP contribution in [0, 0.1) is 11.8 Å². The molecule has 0 saturated heterocycles. The van der Waals surface area contributed by atoms with E-state index in [0.29, 0.717) is 0 Å². The van der Waals surface area contributed by atoms with Gasteiger partial charge in [-0.1, -0.05) is 0 Å². The largest absolute Gasteiger partial charge is 0.373 e. The average Bonchev–Trinajstić information content (AvgIpc) is 1.46. The predicted octanol–water partition coefficient (Wildman–Crippen LogP) is -0.444. The molecule has 0 spiro atoms. The number of hydrogen-bond acceptors (Lipinski definition) is 3. The number of nitrogens with zero attached hydrogens (tertiary/aromatic N) is 1. The molecular formula is C2HNO2. The van der Waals surface area contributed by atoms with E-state index in [-0.39, 0.29) is 6.15 Å². The van der Waals surface area contributed by atoms with Crippen LogP contribution < -0.4 is 0 Å². The van der Waals surface area contributed by atoms with Gasteiger partial charge in [-0.15, -0.1) is 0 Å². The van der Waals surface area contributed by atoms with Crippen molar-refractivity contribution in [3.05, 3.63) is 0 Å². The molecule has 0 atom stereocenters. The molecule has 0 saturated carbocycles. The Hall–Kier alpha value is -1.13. The molecule has 5 heavy (non-hydrogen) atoms. The molecule has 0 N–H and O–H groups in total. The molecule has 0 unspecified atom stereocenters. The highest BCUT2D eigenvalue weighted by molar-refractivity contribution is 5.20. The van der Waals surface area contributed by atoms with Crippen molar-refractivity contribution in [3.8, 4) is 6.57 Å². The number of rotatable bonds is 0. The Balaban J connectivity index is 0. The smallest absolute Gasteiger partial charge is 0.202 e. The molecule has 0 fully saturated rings. The molecule has 3 heteroatoms. The van der Waals surface area contributed by atoms with E-state index in [0.717, 1.165) is 0 Å². The molecule has 0 amide bonds. The second kappa shape index (κ2) is 594. The second-order valence-electron chi connectivity index (χ2n) is 0.0833. The molecule has 0 heterocycles. The molecule has 0 aromatic heterocycles. The van der Waals surface area contributed by atoms with E-state index in [9.17, 15) is 0 Å². The molecule has 0 aliphatic heterocycles. The van der Waals surface area contributed by atoms with Crippen molar-refractivity contribution >= 4 is 6.15 Å². The van der Waals surface area contributed by atoms with Crippen molar-refractivity contribution in [2.75, 3.05) is 0 Å². The molecule has 0 bridgehead atoms. The topological polar surface area (TPSA) is 57.9 Å². The summed E-state index contributed by atoms with van der Waals surface area (Å²) in [4.78, 5) is 16.2. The number of nitriles is 1. The first-order valence-corrected chi connectivity index (χ1v) is 0.666. The number of hydrogen-bond donors (Lipinski definition) is 0. The van der Waals surface area contributed by atoms with Gasteiger partial charge in [0.1, 0.15) is 0 Å². The third-order valence-electron chi connectivity index (χ3n) is 0. The summed E-state index contributed by atoms with van der Waals surface area (Å²) < 4.78 is 0. The highest BCUT2D eigenvalue weighted by Gasteiger charge is 1.13. The Kier molecular flexibility index (Phi) is 1080. The van der Waals surface area contributed by atoms with Gasteiger partial charge in [0.15, 0.2) is 0 Å². The van der Waals surface area contributed by atoms with Gasteiger partial charge >= 0.3 is 6.15 Å². The first-order valence-electron chi connectivity index (χ1n) is 0.666. The van der Waals surface area contributed by atoms with Gasteiger partial charge in [-0.2, -0.15) is 9.59 Å². The van der Waals surface area contributed by atoms with Gasteiger partial charge in [0.2, 0.25) is 0 Å². The summed E-state index contributed by atoms with van der Waals surface area (Å²) in [5, 5.41) is 6.50. The minimum atomic E-state index is 0.250. The Morgan fingerprint density at radius 2 is 1.40 bits per heavy atom. The fourth-order valence-corrected chi connectivity index (χ4v) is 0. The van der Waals surface area contributed by atoms with E-state index < -0.39 is 0 Å². The van der Waals surface area contributed by atoms with Crippen LogP contribution in [0.3, 0.4) is 0 Å². The lowest BCUT2D eigenvalue weighted by Gasteiger charge is -0.945. The van der Waals surface area contributed by atoms with Crippen molar-refractivity contribution in [2.24, 2.45) is 0 Å². The molecular weight excluding hydrogens is 70.0 g/mol. The van der Waals surface area contributed by atoms with Crippen LogP contribution in [0.5, 0.6) is 0 Å². The minimum Gasteiger partial charge on any atom is -0.202 e. The van der Waals surface area contributed by atoms with E-state index in [1.165, 1.54) is 0 Å². The Labute approximate surface area is 28.8 Å². The van der Waals surface area contributed by atoms with Crippen LogP contribution in [0.4, 0.5) is 0 Å². The Bertz CT molecular complexity index is 49.9. The van der Waals surface area contributed by atoms with Gasteiger partial charge in [-0.05, 0) is 0 Å². The van der Waals surface area contributed by atoms with Gasteiger partial charge in [0, 0.05) is 6.57 Å². The zero-order chi connectivity index (χ0) is 4.71. The van der Waals surface area contributed by atoms with E-state index >= 15 is 0 Å². The van der Waals surface area contributed by atoms with E-state index in [1.807, 2.05) is 0 Å². The number of carbonyl (C=O) groups excluding carboxylic acids is 2. The van der Waals surface area contributed by atoms with E-state index in [2.05, 4.69) is 6.57 Å². The van der Waals surface area contributed by atoms with Crippen LogP contribution >= 0.6 is 0 Å². The molecule has 0 aromatic rings. The van der Waals surface area contributed by atoms with Crippen LogP contribution in [0.25, 0.3) is 0 Å². The zero-order valence-electron chi connectivity index (χ0n) is 2.34. The van der Waals surface area contributed by atoms with Crippen LogP contribution in [-0.2, 0) is 9.59 Å². The van der Waals surface area contributed by atoms with Gasteiger partial charge in [-0.25, -0.2) is 5.26 Å². The third-order valence-corrected chi connectivity index (χ3v) is 0. The van der Waals surface area contributed by atoms with Crippen LogP contribution in [0.2, 0.25) is 0 Å². The van der Waals surface area contributed by atoms with Crippen LogP contribution in [-0.4, -0.2) is 6.15 Å². The first-order chi connectivity index (χ1) is 2.41. The zero-order valence-corrected chi connectivity index (χ0v) is 2.34. The van der Waals surface area contributed by atoms with Crippen molar-refractivity contribution in [3.63, 3.8) is 0 Å². The molecule has 0 radical (unpaired) electrons. The Morgan fingerprint density at radius 1 is 1.40 bits per heavy atom. The van der Waals surface area contributed by atoms with E-state index in [4.69, 9.17) is 14.9 Å². The lowest BCUT2D eigenvalue weighted by molar-refractivity contribution is -0.191. The predicted molar refractivity (Wildman–Crippen MR) is 11.7 cm³/mol. The first kappa shape index (κ1) is 9.12. The fourth-order valence-electron chi connectivity index (χ4n) is 0. The SMILES string of the molecule is C#N.O=C=O. The van der Waals surface area contributed by atoms with Crippen molar-refractivity contribution < 1.29 is 9.59 Å². The molecule has 0 aromatic carbocycles. The molecule has 3 nitrogen and oxygen atoms in total. The lowest BCUT2D eigenvalue weighted by atomic mass is 11.8. The molecule has 26 valence electrons. The monoisotopic (exact) mass is 71.0 g/mol. The molecule has 0 aliphatic rings. The third kappa shape index (κ3) is 1.70. The summed E-state index contributed by atoms with van der Waals surface area (Å²) in [5.41, 5.74) is 0. The molecule has 0 rings (SSSR count). The van der Waals surface area contributed by atoms with Gasteiger partial charge in [0.25, 0.3) is 0 Å². The van der Waals surface area contributed by atoms with Gasteiger partial charge in [0.05, 0.1) is 0 Å². The van der Waals surface area contributed by atoms with E-state index in [1.54, 1.807) is 0 Å². The van der Waals surface area contributed by atoms with Gasteiger partial charge < -0.3 is 0 Å². The fraction of sp³-hybridized carbons (Fsp3) is 0. The van der Waals surface area contributed by atoms with Crippen molar-refractivity contribution in [1.29, 1.82) is 5.26 Å². The highest BCUT2D eigenvalue weighted by Crippen LogP contribution is 0.787. The maximum absolute atomic E-state index is 8.12. The summed E-state index contributed by atoms with van der Waals surface area (Å²) in [6.07, 6.45) is 0.250. The van der Waals surface area contributed by atoms with Gasteiger partial charge in [-0.3, -0.25) is 0 Å². The summed E-state index contributed by atoms with van der Waals surface area (Å²) in [5.74, 6) is 0. The Morgan fingerprint density at radius 3 is 1.40 bits per heavy atom. The van der Waals surface area contributed by atoms with Crippen LogP contribution in [0.1, 0.15) is 0 Å². The second-order valence-corrected chi connectivity index (χ2v) is 0.0833. The normalized spacial score (nSPS) is 2.00. The van der Waals surface area contributed by atoms with Crippen molar-refractivity contribution in [2.45, 2.75) is 0 Å². The summed E-state index contributed by atoms with van der Waals surface area (Å²) >= 11 is 0. The summed E-state index contributed by atoms with van der Waals surface area (Å²) in [7, 11) is 0. The van der Waals surface area contributed by atoms with Crippen molar-refractivity contribution in [1.82, 2.24) is 0 Å². The summed E-state index contributed by atoms with van der Waals surface area (Å²) in [6.45, 7) is 3.50. The maximum atomic E-state index is 8.12. The highest BCUT2D eigenvalue weighted by atomic mass is 16.2. The minimum absolute atomic E-state index is 0.250.